The maximum absolute atomic E-state index is 14.2. The molecule has 0 saturated heterocycles. The average molecular weight is 521 g/mol. The van der Waals surface area contributed by atoms with Crippen molar-refractivity contribution in [2.24, 2.45) is 0 Å². The summed E-state index contributed by atoms with van der Waals surface area (Å²) in [6.07, 6.45) is 0.845. The molecule has 2 heterocycles. The molecule has 0 fully saturated rings. The fourth-order valence-corrected chi connectivity index (χ4v) is 3.96. The predicted octanol–water partition coefficient (Wildman–Crippen LogP) is 7.89. The molecule has 9 heteroatoms. The van der Waals surface area contributed by atoms with Crippen LogP contribution in [0.15, 0.2) is 97.1 Å². The summed E-state index contributed by atoms with van der Waals surface area (Å²) in [5.74, 6) is -2.80. The van der Waals surface area contributed by atoms with Crippen LogP contribution < -0.4 is 4.74 Å². The molecule has 2 aliphatic heterocycles. The minimum absolute atomic E-state index is 0.0150. The summed E-state index contributed by atoms with van der Waals surface area (Å²) in [6, 6.07) is 20.7. The number of ether oxygens (including phenoxy) is 1. The van der Waals surface area contributed by atoms with E-state index in [9.17, 15) is 22.0 Å². The number of halogens is 5. The molecule has 0 radical (unpaired) electrons. The largest absolute Gasteiger partial charge is 0.493 e. The number of benzene rings is 3. The number of hydrogen-bond donors (Lipinski definition) is 0. The van der Waals surface area contributed by atoms with Crippen LogP contribution in [0.25, 0.3) is 33.9 Å². The van der Waals surface area contributed by atoms with Crippen LogP contribution in [0.4, 0.5) is 22.0 Å². The van der Waals surface area contributed by atoms with E-state index in [-0.39, 0.29) is 18.0 Å². The maximum atomic E-state index is 14.2. The number of aromatic nitrogens is 3. The first kappa shape index (κ1) is 25.1. The van der Waals surface area contributed by atoms with Crippen molar-refractivity contribution in [1.29, 1.82) is 0 Å². The molecule has 3 aromatic rings. The molecule has 0 unspecified atom stereocenters. The van der Waals surface area contributed by atoms with Crippen LogP contribution in [-0.2, 0) is 6.54 Å². The summed E-state index contributed by atoms with van der Waals surface area (Å²) in [5.41, 5.74) is 4.10. The quantitative estimate of drug-likeness (QED) is 0.195. The van der Waals surface area contributed by atoms with Gasteiger partial charge in [-0.15, -0.1) is 0 Å². The first-order valence-corrected chi connectivity index (χ1v) is 11.7. The van der Waals surface area contributed by atoms with Gasteiger partial charge in [-0.25, -0.2) is 23.1 Å². The van der Waals surface area contributed by atoms with Crippen molar-refractivity contribution in [3.8, 4) is 39.7 Å². The topological polar surface area (TPSA) is 39.9 Å². The van der Waals surface area contributed by atoms with Gasteiger partial charge in [-0.2, -0.15) is 8.78 Å². The summed E-state index contributed by atoms with van der Waals surface area (Å²) in [4.78, 5) is 8.71. The van der Waals surface area contributed by atoms with Gasteiger partial charge in [0.15, 0.2) is 23.3 Å². The molecule has 0 amide bonds. The summed E-state index contributed by atoms with van der Waals surface area (Å²) >= 11 is 0. The number of fused-ring (bicyclic) bond motifs is 1. The van der Waals surface area contributed by atoms with Crippen LogP contribution in [0.5, 0.6) is 5.75 Å². The van der Waals surface area contributed by atoms with Crippen molar-refractivity contribution in [3.05, 3.63) is 114 Å². The van der Waals surface area contributed by atoms with E-state index in [1.54, 1.807) is 24.4 Å². The van der Waals surface area contributed by atoms with Crippen LogP contribution >= 0.6 is 0 Å². The molecule has 3 aromatic carbocycles. The van der Waals surface area contributed by atoms with E-state index in [0.29, 0.717) is 23.7 Å². The van der Waals surface area contributed by atoms with Crippen molar-refractivity contribution in [2.75, 3.05) is 6.61 Å². The standard InChI is InChI=1S/C29H20F5N3O/c30-23-3-1-2-22(27(23)32)29-35-25-12-14-37(17-26(25)36-29)16-18-4-6-19(7-5-18)20-8-10-21(11-9-20)38-15-13-24(31)28(33)34/h1-12,14,17H,13,15-16H2. The van der Waals surface area contributed by atoms with Gasteiger partial charge in [0.05, 0.1) is 17.9 Å². The van der Waals surface area contributed by atoms with E-state index in [2.05, 4.69) is 9.97 Å². The maximum Gasteiger partial charge on any atom is 0.301 e. The normalized spacial score (nSPS) is 11.1. The molecule has 0 saturated carbocycles. The average Bonchev–Trinajstić information content (AvgIpc) is 3.34. The van der Waals surface area contributed by atoms with Gasteiger partial charge in [0.25, 0.3) is 0 Å². The van der Waals surface area contributed by atoms with Crippen LogP contribution in [-0.4, -0.2) is 21.1 Å². The van der Waals surface area contributed by atoms with Crippen LogP contribution in [0.1, 0.15) is 12.0 Å². The Morgan fingerprint density at radius 3 is 2.18 bits per heavy atom. The second-order valence-corrected chi connectivity index (χ2v) is 8.52. The van der Waals surface area contributed by atoms with Crippen molar-refractivity contribution in [2.45, 2.75) is 13.0 Å². The third-order valence-corrected chi connectivity index (χ3v) is 5.92. The van der Waals surface area contributed by atoms with Crippen LogP contribution in [0.3, 0.4) is 0 Å². The Morgan fingerprint density at radius 2 is 1.47 bits per heavy atom. The molecule has 38 heavy (non-hydrogen) atoms. The lowest BCUT2D eigenvalue weighted by atomic mass is 10.0. The number of pyridine rings is 1. The van der Waals surface area contributed by atoms with Crippen molar-refractivity contribution >= 4 is 0 Å². The van der Waals surface area contributed by atoms with E-state index in [0.717, 1.165) is 22.8 Å². The summed E-state index contributed by atoms with van der Waals surface area (Å²) < 4.78 is 72.1. The Morgan fingerprint density at radius 1 is 0.789 bits per heavy atom. The van der Waals surface area contributed by atoms with E-state index < -0.39 is 30.0 Å². The lowest BCUT2D eigenvalue weighted by molar-refractivity contribution is 0.295. The first-order valence-electron chi connectivity index (χ1n) is 11.7. The summed E-state index contributed by atoms with van der Waals surface area (Å²) in [5, 5.41) is 0. The molecule has 4 nitrogen and oxygen atoms in total. The second-order valence-electron chi connectivity index (χ2n) is 8.52. The van der Waals surface area contributed by atoms with Gasteiger partial charge in [0.1, 0.15) is 11.4 Å². The highest BCUT2D eigenvalue weighted by atomic mass is 19.3. The highest BCUT2D eigenvalue weighted by Crippen LogP contribution is 2.28. The first-order chi connectivity index (χ1) is 18.4. The van der Waals surface area contributed by atoms with Crippen molar-refractivity contribution in [1.82, 2.24) is 14.5 Å². The number of nitrogens with zero attached hydrogens (tertiary/aromatic N) is 3. The zero-order valence-electron chi connectivity index (χ0n) is 19.8. The Kier molecular flexibility index (Phi) is 7.17. The Balaban J connectivity index is 1.25. The van der Waals surface area contributed by atoms with Crippen LogP contribution in [0.2, 0.25) is 0 Å². The Bertz CT molecular complexity index is 1560. The van der Waals surface area contributed by atoms with Gasteiger partial charge in [0.2, 0.25) is 0 Å². The number of rotatable bonds is 8. The molecule has 0 atom stereocenters. The van der Waals surface area contributed by atoms with Crippen molar-refractivity contribution in [3.63, 3.8) is 0 Å². The smallest absolute Gasteiger partial charge is 0.301 e. The minimum Gasteiger partial charge on any atom is -0.493 e. The second kappa shape index (κ2) is 10.8. The zero-order valence-corrected chi connectivity index (χ0v) is 19.8. The number of hydrogen-bond acceptors (Lipinski definition) is 3. The highest BCUT2D eigenvalue weighted by molar-refractivity contribution is 5.66. The Hall–Kier alpha value is -4.53. The third kappa shape index (κ3) is 5.56. The fraction of sp³-hybridized carbons (Fsp3) is 0.103. The predicted molar refractivity (Wildman–Crippen MR) is 133 cm³/mol. The SMILES string of the molecule is FC(F)=C(F)CCOc1ccc(-c2ccc(Cn3ccc4nc(-c5cccc(F)c5F)nc-4c3)cc2)cc1. The van der Waals surface area contributed by atoms with Gasteiger partial charge in [-0.1, -0.05) is 42.5 Å². The molecule has 0 aliphatic carbocycles. The van der Waals surface area contributed by atoms with Gasteiger partial charge in [-0.3, -0.25) is 0 Å². The summed E-state index contributed by atoms with van der Waals surface area (Å²) in [7, 11) is 0. The van der Waals surface area contributed by atoms with E-state index in [1.807, 2.05) is 47.2 Å². The lowest BCUT2D eigenvalue weighted by Gasteiger charge is -2.10. The van der Waals surface area contributed by atoms with E-state index >= 15 is 0 Å². The molecule has 5 rings (SSSR count). The molecular formula is C29H20F5N3O. The monoisotopic (exact) mass is 521 g/mol. The number of imidazole rings is 1. The molecule has 2 aliphatic rings. The highest BCUT2D eigenvalue weighted by Gasteiger charge is 2.17. The van der Waals surface area contributed by atoms with Crippen LogP contribution in [0, 0.1) is 11.6 Å². The summed E-state index contributed by atoms with van der Waals surface area (Å²) in [6.45, 7) is 0.379. The molecular weight excluding hydrogens is 501 g/mol. The molecule has 0 spiro atoms. The molecule has 192 valence electrons. The van der Waals surface area contributed by atoms with E-state index in [4.69, 9.17) is 4.74 Å². The van der Waals surface area contributed by atoms with Gasteiger partial charge >= 0.3 is 6.08 Å². The zero-order chi connectivity index (χ0) is 26.6. The van der Waals surface area contributed by atoms with Gasteiger partial charge in [-0.05, 0) is 47.0 Å². The van der Waals surface area contributed by atoms with E-state index in [1.165, 1.54) is 12.1 Å². The third-order valence-electron chi connectivity index (χ3n) is 5.92. The van der Waals surface area contributed by atoms with Gasteiger partial charge in [0, 0.05) is 25.4 Å². The lowest BCUT2D eigenvalue weighted by Crippen LogP contribution is -2.00. The van der Waals surface area contributed by atoms with Gasteiger partial charge < -0.3 is 9.30 Å². The fourth-order valence-electron chi connectivity index (χ4n) is 3.96. The Labute approximate surface area is 215 Å². The molecule has 0 aromatic heterocycles. The molecule has 0 bridgehead atoms. The molecule has 0 N–H and O–H groups in total. The minimum atomic E-state index is -2.32. The van der Waals surface area contributed by atoms with Crippen molar-refractivity contribution < 1.29 is 26.7 Å².